The molecule has 9 heavy (non-hydrogen) atoms. The van der Waals surface area contributed by atoms with Crippen LogP contribution in [0.2, 0.25) is 0 Å². The van der Waals surface area contributed by atoms with Crippen LogP contribution in [0.1, 0.15) is 6.42 Å². The third-order valence-corrected chi connectivity index (χ3v) is 0.544. The normalized spacial score (nSPS) is 11.7. The molecule has 0 aliphatic rings. The highest BCUT2D eigenvalue weighted by Gasteiger charge is 1.92. The van der Waals surface area contributed by atoms with Gasteiger partial charge < -0.3 is 14.9 Å². The van der Waals surface area contributed by atoms with Crippen LogP contribution in [0.5, 0.6) is 0 Å². The molecule has 0 bridgehead atoms. The Balaban J connectivity index is 0. The maximum absolute atomic E-state index is 8.35. The first-order valence-electron chi connectivity index (χ1n) is 2.59. The van der Waals surface area contributed by atoms with E-state index in [0.29, 0.717) is 6.42 Å². The highest BCUT2D eigenvalue weighted by molar-refractivity contribution is 4.51. The van der Waals surface area contributed by atoms with Gasteiger partial charge in [0.15, 0.2) is 0 Å². The van der Waals surface area contributed by atoms with Gasteiger partial charge in [0.1, 0.15) is 0 Å². The average Bonchev–Trinajstić information content (AvgIpc) is 1.88. The van der Waals surface area contributed by atoms with Crippen molar-refractivity contribution in [2.75, 3.05) is 13.7 Å². The summed E-state index contributed by atoms with van der Waals surface area (Å²) in [6.07, 6.45) is -0.235. The molecular formula is C6H14O3. The molecule has 0 saturated carbocycles. The van der Waals surface area contributed by atoms with Gasteiger partial charge in [0.25, 0.3) is 0 Å². The molecule has 0 aromatic rings. The van der Waals surface area contributed by atoms with Gasteiger partial charge in [-0.1, -0.05) is 6.92 Å². The summed E-state index contributed by atoms with van der Waals surface area (Å²) < 4.78 is 4.00. The van der Waals surface area contributed by atoms with Crippen molar-refractivity contribution in [3.63, 3.8) is 0 Å². The highest BCUT2D eigenvalue weighted by atomic mass is 16.4. The first kappa shape index (κ1) is 11.6. The second-order valence-electron chi connectivity index (χ2n) is 1.41. The van der Waals surface area contributed by atoms with Crippen molar-refractivity contribution < 1.29 is 14.9 Å². The molecule has 0 spiro atoms. The van der Waals surface area contributed by atoms with Crippen molar-refractivity contribution in [3.8, 4) is 0 Å². The molecule has 0 amide bonds. The Bertz CT molecular complexity index is 35.3. The third-order valence-electron chi connectivity index (χ3n) is 0.544. The molecule has 3 nitrogen and oxygen atoms in total. The standard InChI is InChI=1S/C4H9O2.C2H5O/c1-2-4(6)3-5;1-3-2/h4-6H,1-3H2;1H2,2H3. The fourth-order valence-corrected chi connectivity index (χ4v) is 0.0913. The molecule has 1 atom stereocenters. The third kappa shape index (κ3) is 18.1. The molecule has 56 valence electrons. The van der Waals surface area contributed by atoms with Gasteiger partial charge in [0, 0.05) is 7.11 Å². The number of methoxy groups -OCH3 is 1. The number of aliphatic hydroxyl groups is 2. The van der Waals surface area contributed by atoms with Gasteiger partial charge >= 0.3 is 0 Å². The summed E-state index contributed by atoms with van der Waals surface area (Å²) >= 11 is 0. The summed E-state index contributed by atoms with van der Waals surface area (Å²) in [5.74, 6) is 0. The van der Waals surface area contributed by atoms with Crippen molar-refractivity contribution in [2.45, 2.75) is 12.5 Å². The molecule has 0 rings (SSSR count). The van der Waals surface area contributed by atoms with Gasteiger partial charge in [-0.25, -0.2) is 0 Å². The zero-order valence-electron chi connectivity index (χ0n) is 5.71. The lowest BCUT2D eigenvalue weighted by Gasteiger charge is -1.97. The summed E-state index contributed by atoms with van der Waals surface area (Å²) in [7, 11) is 4.50. The molecule has 0 fully saturated rings. The van der Waals surface area contributed by atoms with Crippen molar-refractivity contribution >= 4 is 0 Å². The molecular weight excluding hydrogens is 120 g/mol. The Morgan fingerprint density at radius 2 is 2.00 bits per heavy atom. The van der Waals surface area contributed by atoms with Gasteiger partial charge in [-0.2, -0.15) is 0 Å². The zero-order valence-corrected chi connectivity index (χ0v) is 5.71. The second-order valence-corrected chi connectivity index (χ2v) is 1.41. The zero-order chi connectivity index (χ0) is 7.70. The van der Waals surface area contributed by atoms with Crippen LogP contribution in [-0.2, 0) is 4.74 Å². The van der Waals surface area contributed by atoms with Gasteiger partial charge in [-0.15, -0.1) is 0 Å². The monoisotopic (exact) mass is 134 g/mol. The molecule has 0 saturated heterocycles. The van der Waals surface area contributed by atoms with Crippen molar-refractivity contribution in [1.29, 1.82) is 0 Å². The Hall–Kier alpha value is -0.120. The molecule has 0 aliphatic heterocycles. The average molecular weight is 134 g/mol. The molecule has 0 heterocycles. The van der Waals surface area contributed by atoms with Crippen molar-refractivity contribution in [1.82, 2.24) is 0 Å². The van der Waals surface area contributed by atoms with Crippen LogP contribution in [0.15, 0.2) is 0 Å². The number of aliphatic hydroxyl groups excluding tert-OH is 2. The second kappa shape index (κ2) is 10.8. The number of rotatable bonds is 2. The van der Waals surface area contributed by atoms with Crippen molar-refractivity contribution in [2.24, 2.45) is 0 Å². The van der Waals surface area contributed by atoms with Crippen LogP contribution in [0.3, 0.4) is 0 Å². The Labute approximate surface area is 56.3 Å². The summed E-state index contributed by atoms with van der Waals surface area (Å²) in [5, 5.41) is 16.4. The van der Waals surface area contributed by atoms with Gasteiger partial charge in [-0.05, 0) is 6.42 Å². The SMILES string of the molecule is [CH2]CC(O)CO.[CH2]OC. The summed E-state index contributed by atoms with van der Waals surface area (Å²) in [6, 6.07) is 0. The van der Waals surface area contributed by atoms with E-state index in [1.54, 1.807) is 0 Å². The van der Waals surface area contributed by atoms with Crippen LogP contribution in [-0.4, -0.2) is 30.0 Å². The van der Waals surface area contributed by atoms with Gasteiger partial charge in [0.05, 0.1) is 19.8 Å². The first-order chi connectivity index (χ1) is 4.22. The van der Waals surface area contributed by atoms with E-state index in [9.17, 15) is 0 Å². The Morgan fingerprint density at radius 3 is 2.00 bits per heavy atom. The van der Waals surface area contributed by atoms with E-state index in [-0.39, 0.29) is 6.61 Å². The van der Waals surface area contributed by atoms with Crippen LogP contribution in [0.25, 0.3) is 0 Å². The predicted octanol–water partition coefficient (Wildman–Crippen LogP) is -0.0118. The smallest absolute Gasteiger partial charge is 0.0770 e. The molecule has 3 heteroatoms. The van der Waals surface area contributed by atoms with E-state index in [0.717, 1.165) is 0 Å². The topological polar surface area (TPSA) is 49.7 Å². The predicted molar refractivity (Wildman–Crippen MR) is 35.4 cm³/mol. The van der Waals surface area contributed by atoms with E-state index in [4.69, 9.17) is 10.2 Å². The minimum atomic E-state index is -0.620. The minimum Gasteiger partial charge on any atom is -0.394 e. The lowest BCUT2D eigenvalue weighted by molar-refractivity contribution is 0.0971. The largest absolute Gasteiger partial charge is 0.394 e. The van der Waals surface area contributed by atoms with Crippen LogP contribution in [0.4, 0.5) is 0 Å². The molecule has 1 unspecified atom stereocenters. The highest BCUT2D eigenvalue weighted by Crippen LogP contribution is 1.82. The quantitative estimate of drug-likeness (QED) is 0.558. The summed E-state index contributed by atoms with van der Waals surface area (Å²) in [5.41, 5.74) is 0. The van der Waals surface area contributed by atoms with E-state index in [1.165, 1.54) is 7.11 Å². The molecule has 0 aliphatic carbocycles. The first-order valence-corrected chi connectivity index (χ1v) is 2.59. The van der Waals surface area contributed by atoms with E-state index >= 15 is 0 Å². The molecule has 0 aromatic carbocycles. The number of hydrogen-bond donors (Lipinski definition) is 2. The Kier molecular flexibility index (Phi) is 14.0. The van der Waals surface area contributed by atoms with E-state index in [2.05, 4.69) is 18.8 Å². The van der Waals surface area contributed by atoms with Crippen LogP contribution < -0.4 is 0 Å². The van der Waals surface area contributed by atoms with Crippen LogP contribution >= 0.6 is 0 Å². The maximum Gasteiger partial charge on any atom is 0.0770 e. The fraction of sp³-hybridized carbons (Fsp3) is 0.667. The van der Waals surface area contributed by atoms with Gasteiger partial charge in [0.2, 0.25) is 0 Å². The fourth-order valence-electron chi connectivity index (χ4n) is 0.0913. The molecule has 2 radical (unpaired) electrons. The number of ether oxygens (including phenoxy) is 1. The van der Waals surface area contributed by atoms with Gasteiger partial charge in [-0.3, -0.25) is 0 Å². The summed E-state index contributed by atoms with van der Waals surface area (Å²) in [6.45, 7) is 3.17. The van der Waals surface area contributed by atoms with Crippen LogP contribution in [0, 0.1) is 14.0 Å². The Morgan fingerprint density at radius 1 is 1.67 bits per heavy atom. The van der Waals surface area contributed by atoms with E-state index < -0.39 is 6.10 Å². The molecule has 0 aromatic heterocycles. The lowest BCUT2D eigenvalue weighted by atomic mass is 10.3. The van der Waals surface area contributed by atoms with Crippen molar-refractivity contribution in [3.05, 3.63) is 14.0 Å². The summed E-state index contributed by atoms with van der Waals surface area (Å²) in [4.78, 5) is 0. The lowest BCUT2D eigenvalue weighted by Crippen LogP contribution is -2.08. The van der Waals surface area contributed by atoms with E-state index in [1.807, 2.05) is 0 Å². The molecule has 2 N–H and O–H groups in total. The minimum absolute atomic E-state index is 0.177. The number of hydrogen-bond acceptors (Lipinski definition) is 3. The maximum atomic E-state index is 8.35.